The van der Waals surface area contributed by atoms with Gasteiger partial charge in [0.1, 0.15) is 6.61 Å². The van der Waals surface area contributed by atoms with Gasteiger partial charge < -0.3 is 25.6 Å². The molecule has 172 valence electrons. The highest BCUT2D eigenvalue weighted by molar-refractivity contribution is 6.31. The molecule has 0 fully saturated rings. The number of amides is 2. The molecule has 0 aliphatic rings. The van der Waals surface area contributed by atoms with Crippen LogP contribution < -0.4 is 10.6 Å². The molecular formula is C25H25ClN2O5. The van der Waals surface area contributed by atoms with Gasteiger partial charge in [-0.15, -0.1) is 0 Å². The number of aromatic hydroxyl groups is 2. The van der Waals surface area contributed by atoms with Gasteiger partial charge in [-0.2, -0.15) is 0 Å². The maximum absolute atomic E-state index is 12.7. The van der Waals surface area contributed by atoms with Crippen LogP contribution in [0.1, 0.15) is 40.9 Å². The third-order valence-corrected chi connectivity index (χ3v) is 5.45. The number of nitrogens with one attached hydrogen (secondary N) is 2. The first-order valence-electron chi connectivity index (χ1n) is 10.2. The fourth-order valence-corrected chi connectivity index (χ4v) is 3.35. The lowest BCUT2D eigenvalue weighted by Gasteiger charge is -2.27. The summed E-state index contributed by atoms with van der Waals surface area (Å²) < 4.78 is 5.26. The van der Waals surface area contributed by atoms with E-state index >= 15 is 0 Å². The molecule has 0 radical (unpaired) electrons. The Hall–Kier alpha value is -3.71. The Morgan fingerprint density at radius 2 is 1.67 bits per heavy atom. The van der Waals surface area contributed by atoms with Gasteiger partial charge in [-0.05, 0) is 48.7 Å². The van der Waals surface area contributed by atoms with E-state index in [1.165, 1.54) is 12.1 Å². The van der Waals surface area contributed by atoms with E-state index in [1.54, 1.807) is 38.1 Å². The number of rotatable bonds is 7. The Morgan fingerprint density at radius 3 is 2.36 bits per heavy atom. The van der Waals surface area contributed by atoms with Crippen LogP contribution in [0.4, 0.5) is 4.79 Å². The minimum Gasteiger partial charge on any atom is -0.504 e. The summed E-state index contributed by atoms with van der Waals surface area (Å²) >= 11 is 6.12. The first-order chi connectivity index (χ1) is 15.7. The molecule has 0 atom stereocenters. The third-order valence-electron chi connectivity index (χ3n) is 5.08. The van der Waals surface area contributed by atoms with E-state index < -0.39 is 29.0 Å². The molecule has 0 saturated heterocycles. The van der Waals surface area contributed by atoms with Crippen molar-refractivity contribution in [1.82, 2.24) is 10.6 Å². The monoisotopic (exact) mass is 468 g/mol. The van der Waals surface area contributed by atoms with Gasteiger partial charge in [-0.1, -0.05) is 60.1 Å². The van der Waals surface area contributed by atoms with Crippen LogP contribution in [0.5, 0.6) is 11.5 Å². The molecule has 0 aromatic heterocycles. The molecule has 0 bridgehead atoms. The van der Waals surface area contributed by atoms with Gasteiger partial charge >= 0.3 is 6.09 Å². The van der Waals surface area contributed by atoms with Crippen LogP contribution in [0.3, 0.4) is 0 Å². The van der Waals surface area contributed by atoms with Gasteiger partial charge in [0.25, 0.3) is 5.91 Å². The Balaban J connectivity index is 1.72. The second-order valence-corrected chi connectivity index (χ2v) is 8.38. The van der Waals surface area contributed by atoms with Gasteiger partial charge in [0, 0.05) is 11.6 Å². The van der Waals surface area contributed by atoms with E-state index in [1.807, 2.05) is 30.3 Å². The van der Waals surface area contributed by atoms with Gasteiger partial charge in [0.15, 0.2) is 11.5 Å². The molecular weight excluding hydrogens is 444 g/mol. The van der Waals surface area contributed by atoms with Gasteiger partial charge in [0.05, 0.1) is 11.1 Å². The molecule has 8 heteroatoms. The maximum atomic E-state index is 12.7. The minimum absolute atomic E-state index is 0.0965. The van der Waals surface area contributed by atoms with E-state index in [0.29, 0.717) is 16.1 Å². The first-order valence-corrected chi connectivity index (χ1v) is 10.6. The van der Waals surface area contributed by atoms with Gasteiger partial charge in [-0.25, -0.2) is 4.79 Å². The fraction of sp³-hybridized carbons (Fsp3) is 0.200. The number of alkyl carbamates (subject to hydrolysis) is 1. The van der Waals surface area contributed by atoms with Crippen LogP contribution >= 0.6 is 11.6 Å². The summed E-state index contributed by atoms with van der Waals surface area (Å²) in [6, 6.07) is 19.0. The van der Waals surface area contributed by atoms with Crippen molar-refractivity contribution >= 4 is 23.6 Å². The maximum Gasteiger partial charge on any atom is 0.408 e. The molecule has 0 saturated carbocycles. The van der Waals surface area contributed by atoms with Crippen LogP contribution in [0, 0.1) is 0 Å². The van der Waals surface area contributed by atoms with Crippen LogP contribution in [-0.4, -0.2) is 22.2 Å². The number of carbonyl (C=O) groups excluding carboxylic acids is 2. The lowest BCUT2D eigenvalue weighted by Crippen LogP contribution is -2.41. The van der Waals surface area contributed by atoms with Crippen molar-refractivity contribution in [3.63, 3.8) is 0 Å². The van der Waals surface area contributed by atoms with E-state index in [-0.39, 0.29) is 18.7 Å². The molecule has 0 spiro atoms. The SMILES string of the molecule is CC(C)(NC(=O)OCc1ccccc1)c1cc(O)c(O)c(C(=O)NCc2ccccc2Cl)c1. The molecule has 7 nitrogen and oxygen atoms in total. The number of ether oxygens (including phenoxy) is 1. The van der Waals surface area contributed by atoms with E-state index in [9.17, 15) is 19.8 Å². The zero-order valence-corrected chi connectivity index (χ0v) is 19.0. The zero-order valence-electron chi connectivity index (χ0n) is 18.3. The van der Waals surface area contributed by atoms with Crippen molar-refractivity contribution in [3.8, 4) is 11.5 Å². The van der Waals surface area contributed by atoms with Crippen molar-refractivity contribution in [3.05, 3.63) is 94.0 Å². The predicted octanol–water partition coefficient (Wildman–Crippen LogP) is 4.84. The quantitative estimate of drug-likeness (QED) is 0.371. The number of hydrogen-bond donors (Lipinski definition) is 4. The Bertz CT molecular complexity index is 1150. The van der Waals surface area contributed by atoms with Gasteiger partial charge in [-0.3, -0.25) is 4.79 Å². The Morgan fingerprint density at radius 1 is 1.00 bits per heavy atom. The van der Waals surface area contributed by atoms with Crippen LogP contribution in [0.15, 0.2) is 66.7 Å². The van der Waals surface area contributed by atoms with Crippen LogP contribution in [-0.2, 0) is 23.4 Å². The molecule has 3 aromatic rings. The van der Waals surface area contributed by atoms with E-state index in [0.717, 1.165) is 5.56 Å². The lowest BCUT2D eigenvalue weighted by molar-refractivity contribution is 0.0947. The average Bonchev–Trinajstić information content (AvgIpc) is 2.79. The highest BCUT2D eigenvalue weighted by Crippen LogP contribution is 2.34. The van der Waals surface area contributed by atoms with Crippen molar-refractivity contribution in [2.24, 2.45) is 0 Å². The normalized spacial score (nSPS) is 11.0. The van der Waals surface area contributed by atoms with Crippen molar-refractivity contribution < 1.29 is 24.5 Å². The third kappa shape index (κ3) is 6.17. The summed E-state index contributed by atoms with van der Waals surface area (Å²) in [7, 11) is 0. The van der Waals surface area contributed by atoms with Crippen LogP contribution in [0.25, 0.3) is 0 Å². The Labute approximate surface area is 197 Å². The van der Waals surface area contributed by atoms with Crippen molar-refractivity contribution in [2.45, 2.75) is 32.5 Å². The summed E-state index contributed by atoms with van der Waals surface area (Å²) in [5.74, 6) is -1.65. The van der Waals surface area contributed by atoms with Gasteiger partial charge in [0.2, 0.25) is 0 Å². The summed E-state index contributed by atoms with van der Waals surface area (Å²) in [6.07, 6.45) is -0.666. The topological polar surface area (TPSA) is 108 Å². The Kier molecular flexibility index (Phi) is 7.45. The smallest absolute Gasteiger partial charge is 0.408 e. The summed E-state index contributed by atoms with van der Waals surface area (Å²) in [5.41, 5.74) is 0.791. The number of hydrogen-bond acceptors (Lipinski definition) is 5. The van der Waals surface area contributed by atoms with Crippen LogP contribution in [0.2, 0.25) is 5.02 Å². The second-order valence-electron chi connectivity index (χ2n) is 7.98. The molecule has 2 amide bonds. The number of phenols is 2. The average molecular weight is 469 g/mol. The fourth-order valence-electron chi connectivity index (χ4n) is 3.15. The number of carbonyl (C=O) groups is 2. The van der Waals surface area contributed by atoms with Crippen molar-refractivity contribution in [1.29, 1.82) is 0 Å². The molecule has 4 N–H and O–H groups in total. The zero-order chi connectivity index (χ0) is 24.0. The molecule has 33 heavy (non-hydrogen) atoms. The highest BCUT2D eigenvalue weighted by Gasteiger charge is 2.27. The highest BCUT2D eigenvalue weighted by atomic mass is 35.5. The standard InChI is InChI=1S/C25H25ClN2O5/c1-25(2,28-24(32)33-15-16-8-4-3-5-9-16)18-12-19(22(30)21(29)13-18)23(31)27-14-17-10-6-7-11-20(17)26/h3-13,29-30H,14-15H2,1-2H3,(H,27,31)(H,28,32). The number of halogens is 1. The molecule has 3 aromatic carbocycles. The summed E-state index contributed by atoms with van der Waals surface area (Å²) in [6.45, 7) is 3.61. The molecule has 3 rings (SSSR count). The molecule has 0 aliphatic heterocycles. The van der Waals surface area contributed by atoms with E-state index in [2.05, 4.69) is 10.6 Å². The van der Waals surface area contributed by atoms with Crippen molar-refractivity contribution in [2.75, 3.05) is 0 Å². The summed E-state index contributed by atoms with van der Waals surface area (Å²) in [4.78, 5) is 25.1. The van der Waals surface area contributed by atoms with E-state index in [4.69, 9.17) is 16.3 Å². The number of benzene rings is 3. The predicted molar refractivity (Wildman–Crippen MR) is 125 cm³/mol. The molecule has 0 unspecified atom stereocenters. The lowest BCUT2D eigenvalue weighted by atomic mass is 9.92. The second kappa shape index (κ2) is 10.3. The summed E-state index contributed by atoms with van der Waals surface area (Å²) in [5, 5.41) is 26.4. The largest absolute Gasteiger partial charge is 0.504 e. The molecule has 0 heterocycles. The number of phenolic OH excluding ortho intramolecular Hbond substituents is 2. The minimum atomic E-state index is -1.02. The molecule has 0 aliphatic carbocycles. The first kappa shape index (κ1) is 23.9.